The molecule has 26 heavy (non-hydrogen) atoms. The van der Waals surface area contributed by atoms with Gasteiger partial charge in [0.25, 0.3) is 0 Å². The first-order chi connectivity index (χ1) is 12.4. The fourth-order valence-electron chi connectivity index (χ4n) is 2.44. The summed E-state index contributed by atoms with van der Waals surface area (Å²) in [4.78, 5) is 13.5. The number of halogens is 1. The van der Waals surface area contributed by atoms with Gasteiger partial charge in [-0.3, -0.25) is 4.79 Å². The number of ether oxygens (including phenoxy) is 2. The Morgan fingerprint density at radius 1 is 1.23 bits per heavy atom. The van der Waals surface area contributed by atoms with Gasteiger partial charge >= 0.3 is 0 Å². The molecule has 0 unspecified atom stereocenters. The zero-order chi connectivity index (χ0) is 19.3. The van der Waals surface area contributed by atoms with E-state index in [9.17, 15) is 10.1 Å². The van der Waals surface area contributed by atoms with Crippen molar-refractivity contribution in [1.29, 1.82) is 5.26 Å². The van der Waals surface area contributed by atoms with E-state index in [-0.39, 0.29) is 12.3 Å². The molecule has 0 bridgehead atoms. The smallest absolute Gasteiger partial charge is 0.229 e. The Labute approximate surface area is 166 Å². The van der Waals surface area contributed by atoms with Crippen molar-refractivity contribution in [3.63, 3.8) is 0 Å². The monoisotopic (exact) mass is 436 g/mol. The summed E-state index contributed by atoms with van der Waals surface area (Å²) in [6.07, 6.45) is 0.161. The van der Waals surface area contributed by atoms with Gasteiger partial charge in [0, 0.05) is 9.35 Å². The van der Waals surface area contributed by atoms with E-state index in [0.29, 0.717) is 35.3 Å². The number of nitrogens with one attached hydrogen (secondary N) is 1. The second-order valence-corrected chi connectivity index (χ2v) is 7.66. The van der Waals surface area contributed by atoms with Gasteiger partial charge < -0.3 is 14.8 Å². The lowest BCUT2D eigenvalue weighted by atomic mass is 10.1. The van der Waals surface area contributed by atoms with Gasteiger partial charge in [0.2, 0.25) is 5.91 Å². The summed E-state index contributed by atoms with van der Waals surface area (Å²) >= 11 is 4.91. The zero-order valence-electron chi connectivity index (χ0n) is 15.2. The van der Waals surface area contributed by atoms with E-state index in [1.165, 1.54) is 11.3 Å². The molecule has 0 saturated carbocycles. The van der Waals surface area contributed by atoms with Crippen molar-refractivity contribution in [1.82, 2.24) is 0 Å². The van der Waals surface area contributed by atoms with Gasteiger partial charge in [0.15, 0.2) is 11.5 Å². The Kier molecular flexibility index (Phi) is 7.06. The molecular weight excluding hydrogens is 416 g/mol. The number of anilines is 1. The molecule has 5 nitrogen and oxygen atoms in total. The zero-order valence-corrected chi connectivity index (χ0v) is 17.6. The maximum atomic E-state index is 12.5. The minimum atomic E-state index is -0.185. The van der Waals surface area contributed by atoms with Crippen molar-refractivity contribution in [2.75, 3.05) is 18.5 Å². The third-order valence-electron chi connectivity index (χ3n) is 3.81. The second kappa shape index (κ2) is 9.06. The number of hydrogen-bond donors (Lipinski definition) is 1. The molecule has 0 spiro atoms. The van der Waals surface area contributed by atoms with Crippen LogP contribution in [0.1, 0.15) is 35.4 Å². The Bertz CT molecular complexity index is 855. The molecule has 0 radical (unpaired) electrons. The maximum absolute atomic E-state index is 12.5. The number of rotatable bonds is 7. The number of carbonyl (C=O) groups is 1. The molecule has 0 saturated heterocycles. The van der Waals surface area contributed by atoms with Crippen LogP contribution in [0, 0.1) is 25.2 Å². The second-order valence-electron chi connectivity index (χ2n) is 5.58. The average Bonchev–Trinajstić information content (AvgIpc) is 2.85. The molecule has 0 aliphatic rings. The van der Waals surface area contributed by atoms with Crippen LogP contribution < -0.4 is 14.8 Å². The van der Waals surface area contributed by atoms with Crippen LogP contribution in [0.2, 0.25) is 0 Å². The highest BCUT2D eigenvalue weighted by Gasteiger charge is 2.17. The van der Waals surface area contributed by atoms with E-state index >= 15 is 0 Å². The summed E-state index contributed by atoms with van der Waals surface area (Å²) in [5.74, 6) is 1.07. The minimum Gasteiger partial charge on any atom is -0.490 e. The van der Waals surface area contributed by atoms with Crippen molar-refractivity contribution in [2.45, 2.75) is 34.1 Å². The Morgan fingerprint density at radius 3 is 2.42 bits per heavy atom. The topological polar surface area (TPSA) is 71.3 Å². The standard InChI is InChI=1S/C19H21BrN2O3S/c1-5-24-16-7-13(15(20)9-17(16)25-6-2)8-18(23)22-19-14(10-21)11(3)12(4)26-19/h7,9H,5-6,8H2,1-4H3,(H,22,23). The number of nitriles is 1. The quantitative estimate of drug-likeness (QED) is 0.664. The van der Waals surface area contributed by atoms with Crippen LogP contribution in [0.3, 0.4) is 0 Å². The molecule has 0 fully saturated rings. The fourth-order valence-corrected chi connectivity index (χ4v) is 3.93. The molecule has 2 rings (SSSR count). The summed E-state index contributed by atoms with van der Waals surface area (Å²) in [6, 6.07) is 5.79. The third-order valence-corrected chi connectivity index (χ3v) is 5.67. The van der Waals surface area contributed by atoms with Crippen LogP contribution in [-0.2, 0) is 11.2 Å². The summed E-state index contributed by atoms with van der Waals surface area (Å²) in [6.45, 7) is 8.66. The van der Waals surface area contributed by atoms with E-state index in [1.807, 2.05) is 39.8 Å². The maximum Gasteiger partial charge on any atom is 0.229 e. The lowest BCUT2D eigenvalue weighted by molar-refractivity contribution is -0.115. The van der Waals surface area contributed by atoms with Crippen molar-refractivity contribution in [2.24, 2.45) is 0 Å². The number of hydrogen-bond acceptors (Lipinski definition) is 5. The molecule has 1 heterocycles. The van der Waals surface area contributed by atoms with E-state index < -0.39 is 0 Å². The van der Waals surface area contributed by atoms with Crippen LogP contribution >= 0.6 is 27.3 Å². The van der Waals surface area contributed by atoms with Crippen molar-refractivity contribution >= 4 is 38.2 Å². The highest BCUT2D eigenvalue weighted by molar-refractivity contribution is 9.10. The molecule has 1 N–H and O–H groups in total. The number of amides is 1. The number of carbonyl (C=O) groups excluding carboxylic acids is 1. The predicted molar refractivity (Wildman–Crippen MR) is 107 cm³/mol. The van der Waals surface area contributed by atoms with Gasteiger partial charge in [0.1, 0.15) is 11.1 Å². The molecule has 7 heteroatoms. The summed E-state index contributed by atoms with van der Waals surface area (Å²) in [7, 11) is 0. The van der Waals surface area contributed by atoms with Crippen LogP contribution in [0.25, 0.3) is 0 Å². The SMILES string of the molecule is CCOc1cc(Br)c(CC(=O)Nc2sc(C)c(C)c2C#N)cc1OCC. The Morgan fingerprint density at radius 2 is 1.85 bits per heavy atom. The molecule has 0 aliphatic heterocycles. The highest BCUT2D eigenvalue weighted by Crippen LogP contribution is 2.35. The van der Waals surface area contributed by atoms with Crippen LogP contribution in [0.4, 0.5) is 5.00 Å². The molecule has 0 atom stereocenters. The van der Waals surface area contributed by atoms with Gasteiger partial charge in [-0.25, -0.2) is 0 Å². The molecule has 138 valence electrons. The fraction of sp³-hybridized carbons (Fsp3) is 0.368. The number of thiophene rings is 1. The summed E-state index contributed by atoms with van der Waals surface area (Å²) < 4.78 is 12.0. The Balaban J connectivity index is 2.22. The largest absolute Gasteiger partial charge is 0.490 e. The molecule has 2 aromatic rings. The third kappa shape index (κ3) is 4.57. The van der Waals surface area contributed by atoms with Gasteiger partial charge in [-0.2, -0.15) is 5.26 Å². The van der Waals surface area contributed by atoms with E-state index in [0.717, 1.165) is 20.5 Å². The van der Waals surface area contributed by atoms with Gasteiger partial charge in [0.05, 0.1) is 25.2 Å². The first-order valence-electron chi connectivity index (χ1n) is 8.29. The van der Waals surface area contributed by atoms with Crippen LogP contribution in [0.15, 0.2) is 16.6 Å². The van der Waals surface area contributed by atoms with Gasteiger partial charge in [-0.1, -0.05) is 15.9 Å². The molecule has 0 aliphatic carbocycles. The van der Waals surface area contributed by atoms with Gasteiger partial charge in [-0.15, -0.1) is 11.3 Å². The summed E-state index contributed by atoms with van der Waals surface area (Å²) in [5, 5.41) is 12.8. The molecule has 1 amide bonds. The van der Waals surface area contributed by atoms with Gasteiger partial charge in [-0.05, 0) is 51.0 Å². The van der Waals surface area contributed by atoms with E-state index in [2.05, 4.69) is 27.3 Å². The normalized spacial score (nSPS) is 10.3. The van der Waals surface area contributed by atoms with Crippen LogP contribution in [0.5, 0.6) is 11.5 Å². The number of benzene rings is 1. The van der Waals surface area contributed by atoms with Crippen molar-refractivity contribution < 1.29 is 14.3 Å². The lowest BCUT2D eigenvalue weighted by Crippen LogP contribution is -2.15. The van der Waals surface area contributed by atoms with E-state index in [4.69, 9.17) is 9.47 Å². The Hall–Kier alpha value is -2.04. The van der Waals surface area contributed by atoms with E-state index in [1.54, 1.807) is 0 Å². The lowest BCUT2D eigenvalue weighted by Gasteiger charge is -2.14. The average molecular weight is 437 g/mol. The molecular formula is C19H21BrN2O3S. The summed E-state index contributed by atoms with van der Waals surface area (Å²) in [5.41, 5.74) is 2.23. The number of nitrogens with zero attached hydrogens (tertiary/aromatic N) is 1. The number of aryl methyl sites for hydroxylation is 1. The molecule has 1 aromatic carbocycles. The molecule has 1 aromatic heterocycles. The van der Waals surface area contributed by atoms with Crippen molar-refractivity contribution in [3.05, 3.63) is 38.2 Å². The first-order valence-corrected chi connectivity index (χ1v) is 9.90. The van der Waals surface area contributed by atoms with Crippen molar-refractivity contribution in [3.8, 4) is 17.6 Å². The first kappa shape index (κ1) is 20.3. The predicted octanol–water partition coefficient (Wildman–Crippen LogP) is 4.98. The minimum absolute atomic E-state index is 0.161. The highest BCUT2D eigenvalue weighted by atomic mass is 79.9. The van der Waals surface area contributed by atoms with Crippen LogP contribution in [-0.4, -0.2) is 19.1 Å².